The number of allylic oxidation sites excluding steroid dienone is 3. The zero-order valence-corrected chi connectivity index (χ0v) is 15.7. The molecule has 1 aromatic heterocycles. The molecule has 0 saturated heterocycles. The van der Waals surface area contributed by atoms with Crippen LogP contribution in [0, 0.1) is 12.3 Å². The van der Waals surface area contributed by atoms with Crippen LogP contribution in [0.4, 0.5) is 5.69 Å². The van der Waals surface area contributed by atoms with Crippen LogP contribution in [0.15, 0.2) is 72.6 Å². The Morgan fingerprint density at radius 1 is 1.31 bits per heavy atom. The summed E-state index contributed by atoms with van der Waals surface area (Å²) in [6.45, 7) is 6.87. The molecular weight excluding hydrogens is 320 g/mol. The van der Waals surface area contributed by atoms with Crippen molar-refractivity contribution in [1.82, 2.24) is 9.78 Å². The van der Waals surface area contributed by atoms with Gasteiger partial charge < -0.3 is 11.1 Å². The van der Waals surface area contributed by atoms with Crippen LogP contribution < -0.4 is 11.1 Å². The van der Waals surface area contributed by atoms with Gasteiger partial charge >= 0.3 is 0 Å². The highest BCUT2D eigenvalue weighted by Crippen LogP contribution is 2.42. The summed E-state index contributed by atoms with van der Waals surface area (Å²) in [5.41, 5.74) is 11.7. The molecular formula is C22H28N4. The van der Waals surface area contributed by atoms with E-state index in [1.54, 1.807) is 0 Å². The first-order valence-corrected chi connectivity index (χ1v) is 9.12. The maximum absolute atomic E-state index is 5.91. The number of aromatic nitrogens is 2. The maximum atomic E-state index is 5.91. The molecule has 0 bridgehead atoms. The van der Waals surface area contributed by atoms with Gasteiger partial charge in [0.15, 0.2) is 0 Å². The second kappa shape index (κ2) is 7.75. The van der Waals surface area contributed by atoms with Crippen molar-refractivity contribution in [3.8, 4) is 0 Å². The number of aryl methyl sites for hydroxylation is 2. The average Bonchev–Trinajstić information content (AvgIpc) is 3.04. The van der Waals surface area contributed by atoms with E-state index in [0.29, 0.717) is 6.54 Å². The minimum absolute atomic E-state index is 0.119. The number of hydrogen-bond donors (Lipinski definition) is 2. The van der Waals surface area contributed by atoms with Gasteiger partial charge in [-0.2, -0.15) is 5.10 Å². The zero-order chi connectivity index (χ0) is 18.6. The Hall–Kier alpha value is -2.59. The minimum atomic E-state index is -0.119. The van der Waals surface area contributed by atoms with Crippen LogP contribution in [0.5, 0.6) is 0 Å². The molecule has 0 radical (unpaired) electrons. The lowest BCUT2D eigenvalue weighted by atomic mass is 9.70. The zero-order valence-electron chi connectivity index (χ0n) is 15.7. The van der Waals surface area contributed by atoms with E-state index in [0.717, 1.165) is 36.3 Å². The Morgan fingerprint density at radius 3 is 2.69 bits per heavy atom. The van der Waals surface area contributed by atoms with Crippen LogP contribution in [0.1, 0.15) is 24.1 Å². The molecule has 0 fully saturated rings. The first-order chi connectivity index (χ1) is 12.5. The molecule has 136 valence electrons. The Kier molecular flexibility index (Phi) is 5.43. The minimum Gasteiger partial charge on any atom is -0.356 e. The lowest BCUT2D eigenvalue weighted by molar-refractivity contribution is 0.433. The van der Waals surface area contributed by atoms with Crippen molar-refractivity contribution in [2.75, 3.05) is 11.9 Å². The lowest BCUT2D eigenvalue weighted by Crippen LogP contribution is -2.28. The number of hydrogen-bond acceptors (Lipinski definition) is 3. The highest BCUT2D eigenvalue weighted by atomic mass is 15.2. The quantitative estimate of drug-likeness (QED) is 0.740. The van der Waals surface area contributed by atoms with Gasteiger partial charge in [-0.1, -0.05) is 35.4 Å². The van der Waals surface area contributed by atoms with Gasteiger partial charge in [-0.3, -0.25) is 4.68 Å². The first-order valence-electron chi connectivity index (χ1n) is 9.12. The standard InChI is InChI=1S/C22H28N4/c1-4-22(16-21-11-14-26(3)25-21)12-9-20(15-18(22)10-13-23)24-19-7-5-17(2)6-8-19/h4-9,11,14-15,24H,1,10,12-13,16,23H2,2-3H3. The monoisotopic (exact) mass is 348 g/mol. The number of nitrogens with two attached hydrogens (primary N) is 1. The first kappa shape index (κ1) is 18.2. The van der Waals surface area contributed by atoms with Gasteiger partial charge in [0.05, 0.1) is 5.69 Å². The number of rotatable bonds is 7. The summed E-state index contributed by atoms with van der Waals surface area (Å²) >= 11 is 0. The summed E-state index contributed by atoms with van der Waals surface area (Å²) in [5, 5.41) is 8.08. The maximum Gasteiger partial charge on any atom is 0.0636 e. The van der Waals surface area contributed by atoms with Crippen LogP contribution in [0.3, 0.4) is 0 Å². The van der Waals surface area contributed by atoms with Gasteiger partial charge in [0.1, 0.15) is 0 Å². The van der Waals surface area contributed by atoms with E-state index in [2.05, 4.69) is 72.5 Å². The Morgan fingerprint density at radius 2 is 2.08 bits per heavy atom. The molecule has 0 aliphatic heterocycles. The molecule has 0 spiro atoms. The highest BCUT2D eigenvalue weighted by Gasteiger charge is 2.33. The van der Waals surface area contributed by atoms with Crippen molar-refractivity contribution in [1.29, 1.82) is 0 Å². The Bertz CT molecular complexity index is 826. The summed E-state index contributed by atoms with van der Waals surface area (Å²) in [6, 6.07) is 10.5. The van der Waals surface area contributed by atoms with E-state index in [1.807, 2.05) is 17.9 Å². The summed E-state index contributed by atoms with van der Waals surface area (Å²) in [6.07, 6.45) is 11.1. The Labute approximate surface area is 156 Å². The van der Waals surface area contributed by atoms with Crippen molar-refractivity contribution in [2.45, 2.75) is 26.2 Å². The molecule has 1 aliphatic rings. The normalized spacial score (nSPS) is 19.7. The molecule has 2 aromatic rings. The van der Waals surface area contributed by atoms with Crippen LogP contribution in [0.25, 0.3) is 0 Å². The number of nitrogens with zero attached hydrogens (tertiary/aromatic N) is 2. The van der Waals surface area contributed by atoms with Gasteiger partial charge in [0, 0.05) is 36.5 Å². The second-order valence-corrected chi connectivity index (χ2v) is 7.08. The third-order valence-electron chi connectivity index (χ3n) is 5.07. The molecule has 0 saturated carbocycles. The van der Waals surface area contributed by atoms with E-state index in [9.17, 15) is 0 Å². The summed E-state index contributed by atoms with van der Waals surface area (Å²) in [4.78, 5) is 0. The van der Waals surface area contributed by atoms with Gasteiger partial charge in [0.25, 0.3) is 0 Å². The fraction of sp³-hybridized carbons (Fsp3) is 0.318. The molecule has 26 heavy (non-hydrogen) atoms. The molecule has 1 heterocycles. The molecule has 3 N–H and O–H groups in total. The van der Waals surface area contributed by atoms with Crippen LogP contribution in [0.2, 0.25) is 0 Å². The fourth-order valence-electron chi connectivity index (χ4n) is 3.53. The number of anilines is 1. The third-order valence-corrected chi connectivity index (χ3v) is 5.07. The fourth-order valence-corrected chi connectivity index (χ4v) is 3.53. The molecule has 4 heteroatoms. The molecule has 0 amide bonds. The van der Waals surface area contributed by atoms with Gasteiger partial charge in [-0.15, -0.1) is 6.58 Å². The molecule has 3 rings (SSSR count). The lowest BCUT2D eigenvalue weighted by Gasteiger charge is -2.35. The molecule has 1 aliphatic carbocycles. The third kappa shape index (κ3) is 3.97. The number of benzene rings is 1. The molecule has 1 aromatic carbocycles. The van der Waals surface area contributed by atoms with E-state index in [-0.39, 0.29) is 5.41 Å². The van der Waals surface area contributed by atoms with Crippen molar-refractivity contribution in [2.24, 2.45) is 18.2 Å². The van der Waals surface area contributed by atoms with Crippen molar-refractivity contribution in [3.05, 3.63) is 83.9 Å². The molecule has 1 unspecified atom stereocenters. The van der Waals surface area contributed by atoms with Crippen molar-refractivity contribution < 1.29 is 0 Å². The van der Waals surface area contributed by atoms with Gasteiger partial charge in [-0.25, -0.2) is 0 Å². The largest absolute Gasteiger partial charge is 0.356 e. The Balaban J connectivity index is 1.84. The summed E-state index contributed by atoms with van der Waals surface area (Å²) < 4.78 is 1.85. The van der Waals surface area contributed by atoms with Crippen molar-refractivity contribution >= 4 is 5.69 Å². The number of nitrogens with one attached hydrogen (secondary N) is 1. The summed E-state index contributed by atoms with van der Waals surface area (Å²) in [7, 11) is 1.95. The molecule has 1 atom stereocenters. The van der Waals surface area contributed by atoms with E-state index in [1.165, 1.54) is 11.1 Å². The van der Waals surface area contributed by atoms with Crippen LogP contribution in [-0.2, 0) is 13.5 Å². The topological polar surface area (TPSA) is 55.9 Å². The van der Waals surface area contributed by atoms with Gasteiger partial charge in [0.2, 0.25) is 0 Å². The highest BCUT2D eigenvalue weighted by molar-refractivity contribution is 5.54. The second-order valence-electron chi connectivity index (χ2n) is 7.08. The predicted molar refractivity (Wildman–Crippen MR) is 109 cm³/mol. The van der Waals surface area contributed by atoms with Crippen LogP contribution >= 0.6 is 0 Å². The molecule has 4 nitrogen and oxygen atoms in total. The van der Waals surface area contributed by atoms with Crippen molar-refractivity contribution in [3.63, 3.8) is 0 Å². The van der Waals surface area contributed by atoms with E-state index >= 15 is 0 Å². The van der Waals surface area contributed by atoms with Gasteiger partial charge in [-0.05, 0) is 50.6 Å². The van der Waals surface area contributed by atoms with Crippen LogP contribution in [-0.4, -0.2) is 16.3 Å². The SMILES string of the molecule is C=CC1(Cc2ccn(C)n2)CC=C(Nc2ccc(C)cc2)C=C1CCN. The predicted octanol–water partition coefficient (Wildman–Crippen LogP) is 4.12. The van der Waals surface area contributed by atoms with E-state index < -0.39 is 0 Å². The average molecular weight is 348 g/mol. The summed E-state index contributed by atoms with van der Waals surface area (Å²) in [5.74, 6) is 0. The van der Waals surface area contributed by atoms with E-state index in [4.69, 9.17) is 5.73 Å². The smallest absolute Gasteiger partial charge is 0.0636 e.